The van der Waals surface area contributed by atoms with E-state index in [1.165, 1.54) is 44.9 Å². The van der Waals surface area contributed by atoms with Gasteiger partial charge in [0.1, 0.15) is 11.5 Å². The van der Waals surface area contributed by atoms with Gasteiger partial charge in [-0.2, -0.15) is 10.5 Å². The number of ether oxygens (including phenoxy) is 2. The van der Waals surface area contributed by atoms with E-state index in [2.05, 4.69) is 33.8 Å². The fourth-order valence-corrected chi connectivity index (χ4v) is 13.2. The first-order valence-electron chi connectivity index (χ1n) is 29.0. The van der Waals surface area contributed by atoms with E-state index in [-0.39, 0.29) is 41.7 Å². The maximum atomic E-state index is 13.2. The minimum Gasteiger partial charge on any atom is -0.496 e. The topological polar surface area (TPSA) is 147 Å². The molecular weight excluding hydrogens is 971 g/mol. The molecule has 2 saturated carbocycles. The van der Waals surface area contributed by atoms with Crippen molar-refractivity contribution >= 4 is 49.7 Å². The number of hydrogen-bond acceptors (Lipinski definition) is 11. The van der Waals surface area contributed by atoms with Crippen LogP contribution in [0.2, 0.25) is 0 Å². The van der Waals surface area contributed by atoms with Crippen molar-refractivity contribution in [1.82, 2.24) is 14.7 Å². The molecule has 11 rings (SSSR count). The molecule has 408 valence electrons. The molecule has 5 aliphatic rings. The van der Waals surface area contributed by atoms with Gasteiger partial charge in [-0.05, 0) is 171 Å². The number of Topliss-reactive ketones (excluding diaryl/α,β-unsaturated/α-hetero) is 3. The molecular formula is C67H79N5O6. The van der Waals surface area contributed by atoms with Gasteiger partial charge in [0.25, 0.3) is 0 Å². The second-order valence-corrected chi connectivity index (χ2v) is 22.5. The number of aliphatic hydroxyl groups is 1. The summed E-state index contributed by atoms with van der Waals surface area (Å²) in [5.41, 5.74) is 4.96. The average molecular weight is 1050 g/mol. The second kappa shape index (κ2) is 26.9. The number of rotatable bonds is 15. The number of methoxy groups -OCH3 is 2. The van der Waals surface area contributed by atoms with Crippen LogP contribution in [0.3, 0.4) is 0 Å². The number of likely N-dealkylation sites (tertiary alicyclic amines) is 3. The Morgan fingerprint density at radius 2 is 1.01 bits per heavy atom. The first-order chi connectivity index (χ1) is 38.1. The SMILES string of the molecule is CCCN1CCCC(C(=O)c2ccc3c(CC#N)c(OC)ccc3c2)C1.COc1ccc2cc(C(=O)C3CCCN(C4CCC4)C3)ccc2c1CC#N.O=C(c1cc(CO)c2ccccc2c1)C1CCCN(C2CCCC2)C1. The van der Waals surface area contributed by atoms with Gasteiger partial charge in [-0.1, -0.05) is 86.8 Å². The molecule has 0 amide bonds. The van der Waals surface area contributed by atoms with Crippen LogP contribution in [-0.4, -0.2) is 109 Å². The molecule has 3 heterocycles. The van der Waals surface area contributed by atoms with Gasteiger partial charge in [-0.3, -0.25) is 24.2 Å². The van der Waals surface area contributed by atoms with Gasteiger partial charge in [0.2, 0.25) is 0 Å². The van der Waals surface area contributed by atoms with Crippen molar-refractivity contribution in [2.24, 2.45) is 17.8 Å². The van der Waals surface area contributed by atoms with Crippen molar-refractivity contribution < 1.29 is 29.0 Å². The normalized spacial score (nSPS) is 20.4. The molecule has 2 aliphatic carbocycles. The zero-order chi connectivity index (χ0) is 54.5. The van der Waals surface area contributed by atoms with E-state index in [0.717, 1.165) is 168 Å². The van der Waals surface area contributed by atoms with Crippen molar-refractivity contribution in [3.05, 3.63) is 130 Å². The molecule has 6 aromatic rings. The van der Waals surface area contributed by atoms with E-state index in [4.69, 9.17) is 20.0 Å². The minimum atomic E-state index is -0.0273. The lowest BCUT2D eigenvalue weighted by Crippen LogP contribution is -2.47. The van der Waals surface area contributed by atoms with E-state index in [9.17, 15) is 19.5 Å². The Balaban J connectivity index is 0.000000142. The zero-order valence-corrected chi connectivity index (χ0v) is 46.3. The summed E-state index contributed by atoms with van der Waals surface area (Å²) >= 11 is 0. The maximum absolute atomic E-state index is 13.2. The summed E-state index contributed by atoms with van der Waals surface area (Å²) in [5, 5.41) is 34.0. The molecule has 11 nitrogen and oxygen atoms in total. The van der Waals surface area contributed by atoms with Crippen LogP contribution in [-0.2, 0) is 19.4 Å². The highest BCUT2D eigenvalue weighted by atomic mass is 16.5. The van der Waals surface area contributed by atoms with Crippen LogP contribution in [0.25, 0.3) is 32.3 Å². The van der Waals surface area contributed by atoms with E-state index < -0.39 is 0 Å². The molecule has 0 radical (unpaired) electrons. The summed E-state index contributed by atoms with van der Waals surface area (Å²) in [6.45, 7) is 9.30. The van der Waals surface area contributed by atoms with Gasteiger partial charge in [0, 0.05) is 77.3 Å². The highest BCUT2D eigenvalue weighted by Gasteiger charge is 2.34. The number of carbonyl (C=O) groups is 3. The number of nitrogens with zero attached hydrogens (tertiary/aromatic N) is 5. The third-order valence-electron chi connectivity index (χ3n) is 17.6. The minimum absolute atomic E-state index is 0.0273. The molecule has 0 bridgehead atoms. The van der Waals surface area contributed by atoms with Gasteiger partial charge < -0.3 is 19.5 Å². The lowest BCUT2D eigenvalue weighted by Gasteiger charge is -2.42. The zero-order valence-electron chi connectivity index (χ0n) is 46.3. The van der Waals surface area contributed by atoms with E-state index in [1.807, 2.05) is 97.1 Å². The molecule has 6 aromatic carbocycles. The van der Waals surface area contributed by atoms with Crippen LogP contribution in [0.4, 0.5) is 0 Å². The van der Waals surface area contributed by atoms with Crippen LogP contribution < -0.4 is 9.47 Å². The molecule has 1 N–H and O–H groups in total. The molecule has 0 aromatic heterocycles. The van der Waals surface area contributed by atoms with Crippen LogP contribution >= 0.6 is 0 Å². The largest absolute Gasteiger partial charge is 0.496 e. The summed E-state index contributed by atoms with van der Waals surface area (Å²) in [6, 6.07) is 37.2. The number of aliphatic hydroxyl groups excluding tert-OH is 1. The maximum Gasteiger partial charge on any atom is 0.167 e. The smallest absolute Gasteiger partial charge is 0.167 e. The average Bonchev–Trinajstić information content (AvgIpc) is 4.04. The van der Waals surface area contributed by atoms with Crippen LogP contribution in [0.1, 0.15) is 145 Å². The van der Waals surface area contributed by atoms with E-state index in [1.54, 1.807) is 14.2 Å². The fraction of sp³-hybridized carbons (Fsp3) is 0.478. The number of piperidine rings is 3. The highest BCUT2D eigenvalue weighted by Crippen LogP contribution is 2.35. The predicted molar refractivity (Wildman–Crippen MR) is 310 cm³/mol. The molecule has 78 heavy (non-hydrogen) atoms. The van der Waals surface area contributed by atoms with E-state index in [0.29, 0.717) is 24.9 Å². The number of ketones is 3. The Morgan fingerprint density at radius 3 is 1.50 bits per heavy atom. The number of benzene rings is 6. The molecule has 3 aliphatic heterocycles. The lowest BCUT2D eigenvalue weighted by molar-refractivity contribution is 0.0612. The Kier molecular flexibility index (Phi) is 19.4. The van der Waals surface area contributed by atoms with E-state index >= 15 is 0 Å². The summed E-state index contributed by atoms with van der Waals surface area (Å²) in [4.78, 5) is 46.8. The monoisotopic (exact) mass is 1050 g/mol. The Bertz CT molecular complexity index is 3160. The van der Waals surface area contributed by atoms with Crippen molar-refractivity contribution in [2.75, 3.05) is 60.0 Å². The number of fused-ring (bicyclic) bond motifs is 3. The fourth-order valence-electron chi connectivity index (χ4n) is 13.2. The molecule has 5 fully saturated rings. The van der Waals surface area contributed by atoms with Crippen molar-refractivity contribution in [3.8, 4) is 23.6 Å². The Labute approximate surface area is 462 Å². The third-order valence-corrected chi connectivity index (χ3v) is 17.6. The van der Waals surface area contributed by atoms with Crippen LogP contribution in [0.15, 0.2) is 97.1 Å². The van der Waals surface area contributed by atoms with Crippen LogP contribution in [0.5, 0.6) is 11.5 Å². The molecule has 3 saturated heterocycles. The predicted octanol–water partition coefficient (Wildman–Crippen LogP) is 12.8. The van der Waals surface area contributed by atoms with Gasteiger partial charge >= 0.3 is 0 Å². The number of hydrogen-bond donors (Lipinski definition) is 1. The van der Waals surface area contributed by atoms with Gasteiger partial charge in [0.05, 0.1) is 45.8 Å². The van der Waals surface area contributed by atoms with Crippen molar-refractivity contribution in [1.29, 1.82) is 10.5 Å². The second-order valence-electron chi connectivity index (χ2n) is 22.5. The number of nitriles is 2. The van der Waals surface area contributed by atoms with Gasteiger partial charge in [-0.15, -0.1) is 0 Å². The molecule has 3 atom stereocenters. The van der Waals surface area contributed by atoms with Crippen molar-refractivity contribution in [2.45, 2.75) is 128 Å². The standard InChI is InChI=1S/C23H26N2O2.C22H26N2O2.C22H27NO2/c1-27-22-10-8-16-14-17(7-9-20(16)21(22)11-12-24)23(26)18-4-3-13-25(15-18)19-5-2-6-19;1-3-12-24-13-4-5-18(15-24)22(25)17-6-8-19-16(14-17)7-9-21(26-2)20(19)10-11-23;24-15-19-13-18(12-16-6-1-4-10-21(16)19)22(25)17-7-5-11-23(14-17)20-8-2-3-9-20/h7-10,14,18-19H,2-6,11,13,15H2,1H3;6-9,14,18H,3-5,10,12-13,15H2,1-2H3;1,4,6,10,12-13,17,20,24H,2-3,5,7-9,11,14-15H2. The quantitative estimate of drug-likeness (QED) is 0.0980. The van der Waals surface area contributed by atoms with Crippen LogP contribution in [0, 0.1) is 40.4 Å². The Hall–Kier alpha value is -6.47. The summed E-state index contributed by atoms with van der Waals surface area (Å²) < 4.78 is 10.8. The summed E-state index contributed by atoms with van der Waals surface area (Å²) in [6.07, 6.45) is 17.2. The highest BCUT2D eigenvalue weighted by molar-refractivity contribution is 6.04. The third kappa shape index (κ3) is 13.0. The molecule has 3 unspecified atom stereocenters. The lowest BCUT2D eigenvalue weighted by atomic mass is 9.85. The molecule has 0 spiro atoms. The first-order valence-corrected chi connectivity index (χ1v) is 29.0. The first kappa shape index (κ1) is 56.3. The Morgan fingerprint density at radius 1 is 0.538 bits per heavy atom. The summed E-state index contributed by atoms with van der Waals surface area (Å²) in [5.74, 6) is 2.50. The van der Waals surface area contributed by atoms with Gasteiger partial charge in [0.15, 0.2) is 17.3 Å². The van der Waals surface area contributed by atoms with Crippen molar-refractivity contribution in [3.63, 3.8) is 0 Å². The summed E-state index contributed by atoms with van der Waals surface area (Å²) in [7, 11) is 3.24. The number of carbonyl (C=O) groups excluding carboxylic acids is 3. The van der Waals surface area contributed by atoms with Gasteiger partial charge in [-0.25, -0.2) is 0 Å². The molecule has 11 heteroatoms.